The number of aromatic nitrogens is 4. The molecule has 2 aromatic rings. The summed E-state index contributed by atoms with van der Waals surface area (Å²) < 4.78 is 0. The number of nitrogens with zero attached hydrogens (tertiary/aromatic N) is 5. The van der Waals surface area contributed by atoms with E-state index in [9.17, 15) is 4.79 Å². The molecule has 126 valence electrons. The molecule has 1 fully saturated rings. The van der Waals surface area contributed by atoms with Crippen molar-refractivity contribution in [3.05, 3.63) is 41.2 Å². The minimum absolute atomic E-state index is 0.0706. The second kappa shape index (κ2) is 6.32. The van der Waals surface area contributed by atoms with E-state index in [1.165, 1.54) is 0 Å². The third-order valence-corrected chi connectivity index (χ3v) is 5.09. The van der Waals surface area contributed by atoms with Gasteiger partial charge in [-0.3, -0.25) is 14.8 Å². The highest BCUT2D eigenvalue weighted by atomic mass is 16.2. The quantitative estimate of drug-likeness (QED) is 0.908. The molecule has 0 aromatic carbocycles. The Morgan fingerprint density at radius 1 is 1.38 bits per heavy atom. The molecule has 1 saturated heterocycles. The fourth-order valence-corrected chi connectivity index (χ4v) is 3.70. The van der Waals surface area contributed by atoms with Gasteiger partial charge in [0.1, 0.15) is 5.82 Å². The smallest absolute Gasteiger partial charge is 0.274 e. The number of likely N-dealkylation sites (tertiary alicyclic amines) is 1. The summed E-state index contributed by atoms with van der Waals surface area (Å²) in [6.07, 6.45) is 7.60. The lowest BCUT2D eigenvalue weighted by Crippen LogP contribution is -2.36. The van der Waals surface area contributed by atoms with Crippen molar-refractivity contribution < 1.29 is 4.79 Å². The molecular formula is C17H22N6O. The van der Waals surface area contributed by atoms with Gasteiger partial charge in [-0.25, -0.2) is 9.97 Å². The van der Waals surface area contributed by atoms with Crippen molar-refractivity contribution in [1.29, 1.82) is 0 Å². The molecule has 7 heteroatoms. The van der Waals surface area contributed by atoms with Gasteiger partial charge < -0.3 is 4.90 Å². The first-order chi connectivity index (χ1) is 11.7. The monoisotopic (exact) mass is 326 g/mol. The molecule has 1 amide bonds. The summed E-state index contributed by atoms with van der Waals surface area (Å²) in [4.78, 5) is 25.5. The van der Waals surface area contributed by atoms with Gasteiger partial charge in [-0.15, -0.1) is 0 Å². The molecule has 0 bridgehead atoms. The summed E-state index contributed by atoms with van der Waals surface area (Å²) in [5, 5.41) is 7.30. The third kappa shape index (κ3) is 2.80. The maximum Gasteiger partial charge on any atom is 0.274 e. The fraction of sp³-hybridized carbons (Fsp3) is 0.529. The van der Waals surface area contributed by atoms with Gasteiger partial charge in [-0.05, 0) is 38.8 Å². The number of carbonyl (C=O) groups is 1. The largest absolute Gasteiger partial charge is 0.336 e. The van der Waals surface area contributed by atoms with Crippen LogP contribution >= 0.6 is 0 Å². The molecule has 1 atom stereocenters. The molecule has 0 radical (unpaired) electrons. The molecule has 3 heterocycles. The molecule has 0 unspecified atom stereocenters. The molecule has 1 aliphatic carbocycles. The summed E-state index contributed by atoms with van der Waals surface area (Å²) in [5.74, 6) is 0.885. The number of H-pyrrole nitrogens is 1. The van der Waals surface area contributed by atoms with E-state index in [4.69, 9.17) is 0 Å². The molecule has 7 nitrogen and oxygen atoms in total. The van der Waals surface area contributed by atoms with Crippen LogP contribution in [0.15, 0.2) is 18.5 Å². The molecule has 1 aliphatic heterocycles. The highest BCUT2D eigenvalue weighted by Gasteiger charge is 2.33. The Morgan fingerprint density at radius 2 is 2.21 bits per heavy atom. The van der Waals surface area contributed by atoms with E-state index in [1.54, 1.807) is 12.4 Å². The Balaban J connectivity index is 1.40. The van der Waals surface area contributed by atoms with Gasteiger partial charge in [0.15, 0.2) is 5.69 Å². The van der Waals surface area contributed by atoms with E-state index in [2.05, 4.69) is 32.1 Å². The number of aromatic amines is 1. The van der Waals surface area contributed by atoms with Crippen LogP contribution in [0.4, 0.5) is 0 Å². The van der Waals surface area contributed by atoms with Gasteiger partial charge in [-0.1, -0.05) is 0 Å². The van der Waals surface area contributed by atoms with Crippen molar-refractivity contribution in [3.8, 4) is 0 Å². The van der Waals surface area contributed by atoms with Gasteiger partial charge in [0.2, 0.25) is 0 Å². The normalized spacial score (nSPS) is 19.9. The lowest BCUT2D eigenvalue weighted by Gasteiger charge is -2.23. The number of hydrogen-bond acceptors (Lipinski definition) is 5. The Kier molecular flexibility index (Phi) is 4.02. The topological polar surface area (TPSA) is 78.0 Å². The zero-order valence-electron chi connectivity index (χ0n) is 13.9. The van der Waals surface area contributed by atoms with Crippen molar-refractivity contribution in [2.75, 3.05) is 20.1 Å². The van der Waals surface area contributed by atoms with Crippen molar-refractivity contribution in [2.45, 2.75) is 38.3 Å². The van der Waals surface area contributed by atoms with Crippen molar-refractivity contribution in [1.82, 2.24) is 30.0 Å². The van der Waals surface area contributed by atoms with Crippen LogP contribution in [0.25, 0.3) is 0 Å². The maximum absolute atomic E-state index is 12.8. The summed E-state index contributed by atoms with van der Waals surface area (Å²) >= 11 is 0. The van der Waals surface area contributed by atoms with Crippen LogP contribution in [0, 0.1) is 0 Å². The minimum Gasteiger partial charge on any atom is -0.336 e. The Morgan fingerprint density at radius 3 is 3.04 bits per heavy atom. The predicted molar refractivity (Wildman–Crippen MR) is 88.4 cm³/mol. The zero-order chi connectivity index (χ0) is 16.5. The van der Waals surface area contributed by atoms with Gasteiger partial charge in [-0.2, -0.15) is 5.10 Å². The highest BCUT2D eigenvalue weighted by Crippen LogP contribution is 2.25. The molecule has 2 aliphatic rings. The standard InChI is InChI=1S/C17H22N6O/c1-22(11-15-18-7-3-8-19-15)12-6-9-23(10-12)17(24)16-13-4-2-5-14(13)20-21-16/h3,7-8,12H,2,4-6,9-11H2,1H3,(H,20,21)/t12-/m1/s1. The Labute approximate surface area is 141 Å². The second-order valence-electron chi connectivity index (χ2n) is 6.66. The number of likely N-dealkylation sites (N-methyl/N-ethyl adjacent to an activating group) is 1. The lowest BCUT2D eigenvalue weighted by atomic mass is 10.2. The van der Waals surface area contributed by atoms with Crippen LogP contribution in [0.1, 0.15) is 40.4 Å². The first-order valence-corrected chi connectivity index (χ1v) is 8.54. The van der Waals surface area contributed by atoms with Crippen molar-refractivity contribution in [2.24, 2.45) is 0 Å². The number of nitrogens with one attached hydrogen (secondary N) is 1. The molecule has 24 heavy (non-hydrogen) atoms. The first kappa shape index (κ1) is 15.3. The lowest BCUT2D eigenvalue weighted by molar-refractivity contribution is 0.0772. The average molecular weight is 326 g/mol. The molecule has 1 N–H and O–H groups in total. The highest BCUT2D eigenvalue weighted by molar-refractivity contribution is 5.94. The SMILES string of the molecule is CN(Cc1ncccn1)[C@@H]1CCN(C(=O)c2n[nH]c3c2CCC3)C1. The Hall–Kier alpha value is -2.28. The van der Waals surface area contributed by atoms with Crippen LogP contribution in [0.3, 0.4) is 0 Å². The second-order valence-corrected chi connectivity index (χ2v) is 6.66. The molecule has 4 rings (SSSR count). The van der Waals surface area contributed by atoms with Gasteiger partial charge >= 0.3 is 0 Å². The number of rotatable bonds is 4. The van der Waals surface area contributed by atoms with Crippen molar-refractivity contribution in [3.63, 3.8) is 0 Å². The first-order valence-electron chi connectivity index (χ1n) is 8.54. The van der Waals surface area contributed by atoms with Crippen LogP contribution in [0.5, 0.6) is 0 Å². The van der Waals surface area contributed by atoms with E-state index >= 15 is 0 Å². The molecule has 0 spiro atoms. The van der Waals surface area contributed by atoms with Gasteiger partial charge in [0, 0.05) is 42.8 Å². The zero-order valence-corrected chi connectivity index (χ0v) is 13.9. The van der Waals surface area contributed by atoms with Crippen LogP contribution in [-0.4, -0.2) is 62.1 Å². The van der Waals surface area contributed by atoms with Crippen LogP contribution in [0.2, 0.25) is 0 Å². The van der Waals surface area contributed by atoms with E-state index in [0.717, 1.165) is 55.9 Å². The summed E-state index contributed by atoms with van der Waals surface area (Å²) in [5.41, 5.74) is 2.92. The number of fused-ring (bicyclic) bond motifs is 1. The third-order valence-electron chi connectivity index (χ3n) is 5.09. The Bertz CT molecular complexity index is 728. The van der Waals surface area contributed by atoms with E-state index in [-0.39, 0.29) is 5.91 Å². The van der Waals surface area contributed by atoms with E-state index in [1.807, 2.05) is 11.0 Å². The number of amides is 1. The molecule has 0 saturated carbocycles. The van der Waals surface area contributed by atoms with Gasteiger partial charge in [0.25, 0.3) is 5.91 Å². The van der Waals surface area contributed by atoms with Crippen LogP contribution < -0.4 is 0 Å². The fourth-order valence-electron chi connectivity index (χ4n) is 3.70. The number of carbonyl (C=O) groups excluding carboxylic acids is 1. The molecule has 2 aromatic heterocycles. The predicted octanol–water partition coefficient (Wildman–Crippen LogP) is 1.03. The summed E-state index contributed by atoms with van der Waals surface area (Å²) in [7, 11) is 2.07. The van der Waals surface area contributed by atoms with Crippen LogP contribution in [-0.2, 0) is 19.4 Å². The summed E-state index contributed by atoms with van der Waals surface area (Å²) in [6, 6.07) is 2.16. The average Bonchev–Trinajstić information content (AvgIpc) is 3.31. The van der Waals surface area contributed by atoms with Gasteiger partial charge in [0.05, 0.1) is 6.54 Å². The number of hydrogen-bond donors (Lipinski definition) is 1. The summed E-state index contributed by atoms with van der Waals surface area (Å²) in [6.45, 7) is 2.22. The van der Waals surface area contributed by atoms with E-state index in [0.29, 0.717) is 18.3 Å². The van der Waals surface area contributed by atoms with Crippen molar-refractivity contribution >= 4 is 5.91 Å². The molecular weight excluding hydrogens is 304 g/mol. The maximum atomic E-state index is 12.8. The van der Waals surface area contributed by atoms with E-state index < -0.39 is 0 Å². The number of aryl methyl sites for hydroxylation is 1. The minimum atomic E-state index is 0.0706.